The molecule has 3 heterocycles. The zero-order valence-corrected chi connectivity index (χ0v) is 16.9. The van der Waals surface area contributed by atoms with E-state index in [1.807, 2.05) is 12.3 Å². The van der Waals surface area contributed by atoms with Crippen molar-refractivity contribution in [3.05, 3.63) is 102 Å². The Kier molecular flexibility index (Phi) is 4.82. The zero-order valence-electron chi connectivity index (χ0n) is 16.9. The third-order valence-corrected chi connectivity index (χ3v) is 6.34. The number of hydrogen-bond donors (Lipinski definition) is 1. The van der Waals surface area contributed by atoms with E-state index >= 15 is 0 Å². The van der Waals surface area contributed by atoms with Gasteiger partial charge in [-0.15, -0.1) is 0 Å². The lowest BCUT2D eigenvalue weighted by atomic mass is 9.75. The Bertz CT molecular complexity index is 1190. The number of hydrogen-bond acceptors (Lipinski definition) is 3. The van der Waals surface area contributed by atoms with Gasteiger partial charge in [0.2, 0.25) is 0 Å². The van der Waals surface area contributed by atoms with E-state index in [1.54, 1.807) is 6.20 Å². The number of aromatic amines is 1. The SMILES string of the molecule is N#Cc1c[nH]c2ccc(C3(Cc4ccccn4)CCN(Cc4ccccc4)C3)cc12. The van der Waals surface area contributed by atoms with E-state index in [4.69, 9.17) is 0 Å². The predicted molar refractivity (Wildman–Crippen MR) is 119 cm³/mol. The van der Waals surface area contributed by atoms with E-state index in [9.17, 15) is 5.26 Å². The second kappa shape index (κ2) is 7.78. The summed E-state index contributed by atoms with van der Waals surface area (Å²) >= 11 is 0. The van der Waals surface area contributed by atoms with Crippen molar-refractivity contribution in [3.8, 4) is 6.07 Å². The first kappa shape index (κ1) is 18.6. The number of pyridine rings is 1. The van der Waals surface area contributed by atoms with E-state index < -0.39 is 0 Å². The molecule has 4 heteroatoms. The minimum atomic E-state index is -0.0126. The van der Waals surface area contributed by atoms with Crippen molar-refractivity contribution in [1.82, 2.24) is 14.9 Å². The highest BCUT2D eigenvalue weighted by Crippen LogP contribution is 2.39. The molecule has 0 saturated carbocycles. The molecule has 4 nitrogen and oxygen atoms in total. The van der Waals surface area contributed by atoms with Crippen LogP contribution in [0.15, 0.2) is 79.1 Å². The molecule has 0 bridgehead atoms. The fraction of sp³-hybridized carbons (Fsp3) is 0.231. The van der Waals surface area contributed by atoms with E-state index in [-0.39, 0.29) is 5.41 Å². The quantitative estimate of drug-likeness (QED) is 0.530. The molecule has 0 amide bonds. The standard InChI is InChI=1S/C26H24N4/c27-16-21-17-29-25-10-9-22(14-24(21)25)26(15-23-8-4-5-12-28-23)11-13-30(19-26)18-20-6-2-1-3-7-20/h1-10,12,14,17,29H,11,13,15,18-19H2. The topological polar surface area (TPSA) is 55.7 Å². The first-order chi connectivity index (χ1) is 14.8. The van der Waals surface area contributed by atoms with Crippen LogP contribution >= 0.6 is 0 Å². The van der Waals surface area contributed by atoms with Gasteiger partial charge >= 0.3 is 0 Å². The van der Waals surface area contributed by atoms with Gasteiger partial charge in [0.05, 0.1) is 5.56 Å². The lowest BCUT2D eigenvalue weighted by Crippen LogP contribution is -2.33. The molecule has 30 heavy (non-hydrogen) atoms. The average Bonchev–Trinajstić information content (AvgIpc) is 3.39. The highest BCUT2D eigenvalue weighted by molar-refractivity contribution is 5.86. The van der Waals surface area contributed by atoms with Gasteiger partial charge in [-0.1, -0.05) is 42.5 Å². The molecule has 1 atom stereocenters. The molecular weight excluding hydrogens is 368 g/mol. The molecular formula is C26H24N4. The zero-order chi connectivity index (χ0) is 20.4. The molecule has 1 fully saturated rings. The molecule has 1 saturated heterocycles. The van der Waals surface area contributed by atoms with E-state index in [2.05, 4.69) is 81.6 Å². The van der Waals surface area contributed by atoms with Gasteiger partial charge in [0.25, 0.3) is 0 Å². The Morgan fingerprint density at radius 3 is 2.73 bits per heavy atom. The third-order valence-electron chi connectivity index (χ3n) is 6.34. The van der Waals surface area contributed by atoms with Gasteiger partial charge in [-0.25, -0.2) is 0 Å². The molecule has 0 spiro atoms. The molecule has 2 aromatic heterocycles. The highest BCUT2D eigenvalue weighted by Gasteiger charge is 2.40. The van der Waals surface area contributed by atoms with Crippen molar-refractivity contribution in [1.29, 1.82) is 5.26 Å². The summed E-state index contributed by atoms with van der Waals surface area (Å²) in [7, 11) is 0. The van der Waals surface area contributed by atoms with Gasteiger partial charge in [0, 0.05) is 53.9 Å². The van der Waals surface area contributed by atoms with Gasteiger partial charge < -0.3 is 4.98 Å². The molecule has 1 unspecified atom stereocenters. The van der Waals surface area contributed by atoms with Crippen LogP contribution < -0.4 is 0 Å². The predicted octanol–water partition coefficient (Wildman–Crippen LogP) is 4.82. The molecule has 1 N–H and O–H groups in total. The molecule has 0 aliphatic carbocycles. The van der Waals surface area contributed by atoms with Crippen LogP contribution in [0, 0.1) is 11.3 Å². The van der Waals surface area contributed by atoms with Crippen LogP contribution in [0.3, 0.4) is 0 Å². The fourth-order valence-corrected chi connectivity index (χ4v) is 4.81. The Hall–Kier alpha value is -3.42. The lowest BCUT2D eigenvalue weighted by Gasteiger charge is -2.30. The third kappa shape index (κ3) is 3.49. The largest absolute Gasteiger partial charge is 0.360 e. The van der Waals surface area contributed by atoms with Crippen molar-refractivity contribution in [2.75, 3.05) is 13.1 Å². The van der Waals surface area contributed by atoms with Gasteiger partial charge in [-0.05, 0) is 48.4 Å². The summed E-state index contributed by atoms with van der Waals surface area (Å²) in [5, 5.41) is 10.5. The summed E-state index contributed by atoms with van der Waals surface area (Å²) < 4.78 is 0. The number of nitrogens with one attached hydrogen (secondary N) is 1. The molecule has 1 aliphatic rings. The number of likely N-dealkylation sites (tertiary alicyclic amines) is 1. The van der Waals surface area contributed by atoms with Crippen molar-refractivity contribution in [2.24, 2.45) is 0 Å². The van der Waals surface area contributed by atoms with Crippen molar-refractivity contribution in [2.45, 2.75) is 24.8 Å². The summed E-state index contributed by atoms with van der Waals surface area (Å²) in [6.45, 7) is 2.99. The smallest absolute Gasteiger partial charge is 0.101 e. The molecule has 1 aliphatic heterocycles. The second-order valence-corrected chi connectivity index (χ2v) is 8.30. The number of benzene rings is 2. The summed E-state index contributed by atoms with van der Waals surface area (Å²) in [6, 6.07) is 25.7. The van der Waals surface area contributed by atoms with Crippen LogP contribution in [0.1, 0.15) is 28.8 Å². The van der Waals surface area contributed by atoms with Crippen LogP contribution in [0.5, 0.6) is 0 Å². The molecule has 148 valence electrons. The summed E-state index contributed by atoms with van der Waals surface area (Å²) in [5.74, 6) is 0. The Balaban J connectivity index is 1.52. The summed E-state index contributed by atoms with van der Waals surface area (Å²) in [5.41, 5.74) is 5.47. The van der Waals surface area contributed by atoms with Crippen LogP contribution in [-0.2, 0) is 18.4 Å². The summed E-state index contributed by atoms with van der Waals surface area (Å²) in [4.78, 5) is 10.4. The normalized spacial score (nSPS) is 19.2. The Morgan fingerprint density at radius 1 is 1.07 bits per heavy atom. The first-order valence-electron chi connectivity index (χ1n) is 10.4. The van der Waals surface area contributed by atoms with Gasteiger partial charge in [-0.2, -0.15) is 5.26 Å². The van der Waals surface area contributed by atoms with E-state index in [0.717, 1.165) is 49.1 Å². The molecule has 5 rings (SSSR count). The van der Waals surface area contributed by atoms with Gasteiger partial charge in [-0.3, -0.25) is 9.88 Å². The Labute approximate surface area is 176 Å². The minimum Gasteiger partial charge on any atom is -0.360 e. The van der Waals surface area contributed by atoms with Crippen LogP contribution in [0.25, 0.3) is 10.9 Å². The van der Waals surface area contributed by atoms with Gasteiger partial charge in [0.1, 0.15) is 6.07 Å². The number of H-pyrrole nitrogens is 1. The monoisotopic (exact) mass is 392 g/mol. The number of nitriles is 1. The molecule has 2 aromatic carbocycles. The maximum atomic E-state index is 9.50. The fourth-order valence-electron chi connectivity index (χ4n) is 4.81. The average molecular weight is 393 g/mol. The highest BCUT2D eigenvalue weighted by atomic mass is 15.2. The minimum absolute atomic E-state index is 0.0126. The number of fused-ring (bicyclic) bond motifs is 1. The van der Waals surface area contributed by atoms with Crippen LogP contribution in [0.4, 0.5) is 0 Å². The number of aromatic nitrogens is 2. The first-order valence-corrected chi connectivity index (χ1v) is 10.4. The second-order valence-electron chi connectivity index (χ2n) is 8.30. The van der Waals surface area contributed by atoms with Crippen molar-refractivity contribution in [3.63, 3.8) is 0 Å². The van der Waals surface area contributed by atoms with Crippen molar-refractivity contribution < 1.29 is 0 Å². The van der Waals surface area contributed by atoms with E-state index in [0.29, 0.717) is 5.56 Å². The van der Waals surface area contributed by atoms with Crippen LogP contribution in [0.2, 0.25) is 0 Å². The van der Waals surface area contributed by atoms with Crippen LogP contribution in [-0.4, -0.2) is 28.0 Å². The van der Waals surface area contributed by atoms with Crippen molar-refractivity contribution >= 4 is 10.9 Å². The molecule has 4 aromatic rings. The number of rotatable bonds is 5. The van der Waals surface area contributed by atoms with Gasteiger partial charge in [0.15, 0.2) is 0 Å². The maximum Gasteiger partial charge on any atom is 0.101 e. The molecule has 0 radical (unpaired) electrons. The maximum absolute atomic E-state index is 9.50. The summed E-state index contributed by atoms with van der Waals surface area (Å²) in [6.07, 6.45) is 5.66. The Morgan fingerprint density at radius 2 is 1.93 bits per heavy atom. The lowest BCUT2D eigenvalue weighted by molar-refractivity contribution is 0.300. The number of nitrogens with zero attached hydrogens (tertiary/aromatic N) is 3. The van der Waals surface area contributed by atoms with E-state index in [1.165, 1.54) is 11.1 Å².